The molecule has 0 atom stereocenters. The second-order valence-electron chi connectivity index (χ2n) is 3.96. The van der Waals surface area contributed by atoms with Crippen LogP contribution in [-0.2, 0) is 10.0 Å². The zero-order valence-corrected chi connectivity index (χ0v) is 10.4. The van der Waals surface area contributed by atoms with E-state index in [2.05, 4.69) is 15.0 Å². The van der Waals surface area contributed by atoms with Crippen LogP contribution in [0.1, 0.15) is 12.0 Å². The topological polar surface area (TPSA) is 70.6 Å². The molecule has 0 fully saturated rings. The number of nitrogens with zero attached hydrogens (tertiary/aromatic N) is 1. The van der Waals surface area contributed by atoms with E-state index in [4.69, 9.17) is 0 Å². The van der Waals surface area contributed by atoms with Gasteiger partial charge in [-0.15, -0.1) is 0 Å². The van der Waals surface area contributed by atoms with E-state index in [-0.39, 0.29) is 0 Å². The van der Waals surface area contributed by atoms with E-state index < -0.39 is 10.0 Å². The van der Waals surface area contributed by atoms with Gasteiger partial charge in [-0.2, -0.15) is 0 Å². The maximum absolute atomic E-state index is 11.0. The fourth-order valence-corrected chi connectivity index (χ4v) is 2.20. The van der Waals surface area contributed by atoms with Crippen molar-refractivity contribution in [3.05, 3.63) is 29.8 Å². The number of nitrogens with one attached hydrogen (secondary N) is 2. The van der Waals surface area contributed by atoms with Crippen molar-refractivity contribution in [2.45, 2.75) is 6.42 Å². The minimum atomic E-state index is -3.21. The Morgan fingerprint density at radius 1 is 1.29 bits per heavy atom. The predicted molar refractivity (Wildman–Crippen MR) is 68.9 cm³/mol. The Hall–Kier alpha value is -1.56. The number of hydrogen-bond acceptors (Lipinski definition) is 4. The standard InChI is InChI=1S/C11H15N3O2S/c1-17(15,16)14-10-5-3-9(4-6-10)11-12-7-2-8-13-11/h3-6,14H,2,7-8H2,1H3,(H,12,13). The lowest BCUT2D eigenvalue weighted by Gasteiger charge is -2.14. The Bertz CT molecular complexity index is 520. The van der Waals surface area contributed by atoms with E-state index in [1.165, 1.54) is 0 Å². The van der Waals surface area contributed by atoms with Crippen LogP contribution in [0.4, 0.5) is 5.69 Å². The quantitative estimate of drug-likeness (QED) is 0.837. The number of sulfonamides is 1. The normalized spacial score (nSPS) is 15.9. The number of amidine groups is 1. The molecule has 17 heavy (non-hydrogen) atoms. The number of aliphatic imine (C=N–C) groups is 1. The Morgan fingerprint density at radius 3 is 2.53 bits per heavy atom. The lowest BCUT2D eigenvalue weighted by molar-refractivity contribution is 0.607. The third-order valence-corrected chi connectivity index (χ3v) is 2.97. The van der Waals surface area contributed by atoms with Crippen LogP contribution in [0.2, 0.25) is 0 Å². The first-order valence-electron chi connectivity index (χ1n) is 5.41. The van der Waals surface area contributed by atoms with Crippen molar-refractivity contribution in [1.29, 1.82) is 0 Å². The highest BCUT2D eigenvalue weighted by molar-refractivity contribution is 7.92. The van der Waals surface area contributed by atoms with Crippen LogP contribution in [0.3, 0.4) is 0 Å². The summed E-state index contributed by atoms with van der Waals surface area (Å²) in [6.45, 7) is 1.77. The molecular formula is C11H15N3O2S. The Kier molecular flexibility index (Phi) is 3.33. The van der Waals surface area contributed by atoms with Crippen LogP contribution < -0.4 is 10.0 Å². The average Bonchev–Trinajstić information content (AvgIpc) is 2.29. The summed E-state index contributed by atoms with van der Waals surface area (Å²) in [7, 11) is -3.21. The maximum Gasteiger partial charge on any atom is 0.229 e. The van der Waals surface area contributed by atoms with Gasteiger partial charge in [-0.1, -0.05) is 0 Å². The largest absolute Gasteiger partial charge is 0.370 e. The Morgan fingerprint density at radius 2 is 2.00 bits per heavy atom. The molecule has 1 aromatic rings. The van der Waals surface area contributed by atoms with Gasteiger partial charge < -0.3 is 5.32 Å². The summed E-state index contributed by atoms with van der Waals surface area (Å²) < 4.78 is 24.5. The maximum atomic E-state index is 11.0. The third-order valence-electron chi connectivity index (χ3n) is 2.36. The molecule has 1 aromatic carbocycles. The predicted octanol–water partition coefficient (Wildman–Crippen LogP) is 0.798. The number of hydrogen-bond donors (Lipinski definition) is 2. The van der Waals surface area contributed by atoms with Gasteiger partial charge in [0.1, 0.15) is 5.84 Å². The fraction of sp³-hybridized carbons (Fsp3) is 0.364. The molecule has 0 amide bonds. The molecule has 0 aliphatic carbocycles. The SMILES string of the molecule is CS(=O)(=O)Nc1ccc(C2=NCCCN2)cc1. The summed E-state index contributed by atoms with van der Waals surface area (Å²) in [4.78, 5) is 4.37. The van der Waals surface area contributed by atoms with E-state index in [0.29, 0.717) is 5.69 Å². The van der Waals surface area contributed by atoms with Gasteiger partial charge in [0.25, 0.3) is 0 Å². The first-order chi connectivity index (χ1) is 8.04. The molecule has 0 spiro atoms. The smallest absolute Gasteiger partial charge is 0.229 e. The summed E-state index contributed by atoms with van der Waals surface area (Å²) >= 11 is 0. The molecule has 2 rings (SSSR count). The van der Waals surface area contributed by atoms with Crippen LogP contribution in [0.15, 0.2) is 29.3 Å². The zero-order chi connectivity index (χ0) is 12.3. The van der Waals surface area contributed by atoms with Crippen molar-refractivity contribution >= 4 is 21.5 Å². The van der Waals surface area contributed by atoms with Crippen molar-refractivity contribution < 1.29 is 8.42 Å². The molecule has 0 saturated heterocycles. The molecule has 1 aliphatic heterocycles. The van der Waals surface area contributed by atoms with Gasteiger partial charge in [-0.25, -0.2) is 8.42 Å². The van der Waals surface area contributed by atoms with Crippen LogP contribution in [0.5, 0.6) is 0 Å². The highest BCUT2D eigenvalue weighted by Gasteiger charge is 2.07. The molecular weight excluding hydrogens is 238 g/mol. The highest BCUT2D eigenvalue weighted by Crippen LogP contribution is 2.12. The molecule has 0 radical (unpaired) electrons. The van der Waals surface area contributed by atoms with Crippen LogP contribution in [-0.4, -0.2) is 33.6 Å². The van der Waals surface area contributed by atoms with Crippen molar-refractivity contribution in [3.63, 3.8) is 0 Å². The van der Waals surface area contributed by atoms with Gasteiger partial charge in [-0.3, -0.25) is 9.71 Å². The lowest BCUT2D eigenvalue weighted by atomic mass is 10.1. The molecule has 2 N–H and O–H groups in total. The van der Waals surface area contributed by atoms with Crippen molar-refractivity contribution in [2.75, 3.05) is 24.1 Å². The van der Waals surface area contributed by atoms with E-state index >= 15 is 0 Å². The summed E-state index contributed by atoms with van der Waals surface area (Å²) in [5, 5.41) is 3.21. The van der Waals surface area contributed by atoms with Crippen molar-refractivity contribution in [1.82, 2.24) is 5.32 Å². The van der Waals surface area contributed by atoms with Gasteiger partial charge >= 0.3 is 0 Å². The number of rotatable bonds is 3. The van der Waals surface area contributed by atoms with Gasteiger partial charge in [-0.05, 0) is 30.7 Å². The van der Waals surface area contributed by atoms with E-state index in [9.17, 15) is 8.42 Å². The first kappa shape index (κ1) is 11.9. The number of benzene rings is 1. The Balaban J connectivity index is 2.15. The summed E-state index contributed by atoms with van der Waals surface area (Å²) in [6, 6.07) is 7.17. The Labute approximate surface area is 101 Å². The molecule has 0 aromatic heterocycles. The molecule has 1 aliphatic rings. The van der Waals surface area contributed by atoms with Gasteiger partial charge in [0.05, 0.1) is 6.26 Å². The van der Waals surface area contributed by atoms with Gasteiger partial charge in [0, 0.05) is 24.3 Å². The molecule has 6 heteroatoms. The van der Waals surface area contributed by atoms with E-state index in [1.807, 2.05) is 12.1 Å². The van der Waals surface area contributed by atoms with Crippen molar-refractivity contribution in [3.8, 4) is 0 Å². The summed E-state index contributed by atoms with van der Waals surface area (Å²) in [6.07, 6.45) is 2.19. The van der Waals surface area contributed by atoms with Crippen LogP contribution >= 0.6 is 0 Å². The summed E-state index contributed by atoms with van der Waals surface area (Å²) in [5.74, 6) is 0.877. The minimum Gasteiger partial charge on any atom is -0.370 e. The monoisotopic (exact) mass is 253 g/mol. The molecule has 92 valence electrons. The number of anilines is 1. The van der Waals surface area contributed by atoms with E-state index in [1.54, 1.807) is 12.1 Å². The first-order valence-corrected chi connectivity index (χ1v) is 7.30. The highest BCUT2D eigenvalue weighted by atomic mass is 32.2. The average molecular weight is 253 g/mol. The van der Waals surface area contributed by atoms with Crippen LogP contribution in [0.25, 0.3) is 0 Å². The van der Waals surface area contributed by atoms with E-state index in [0.717, 1.165) is 37.2 Å². The second-order valence-corrected chi connectivity index (χ2v) is 5.71. The lowest BCUT2D eigenvalue weighted by Crippen LogP contribution is -2.30. The molecule has 5 nitrogen and oxygen atoms in total. The molecule has 0 bridgehead atoms. The molecule has 0 saturated carbocycles. The second kappa shape index (κ2) is 4.75. The molecule has 0 unspecified atom stereocenters. The van der Waals surface area contributed by atoms with Crippen LogP contribution in [0, 0.1) is 0 Å². The zero-order valence-electron chi connectivity index (χ0n) is 9.60. The fourth-order valence-electron chi connectivity index (χ4n) is 1.64. The minimum absolute atomic E-state index is 0.563. The van der Waals surface area contributed by atoms with Gasteiger partial charge in [0.15, 0.2) is 0 Å². The van der Waals surface area contributed by atoms with Gasteiger partial charge in [0.2, 0.25) is 10.0 Å². The summed E-state index contributed by atoms with van der Waals surface area (Å²) in [5.41, 5.74) is 1.54. The third kappa shape index (κ3) is 3.45. The molecule has 1 heterocycles. The van der Waals surface area contributed by atoms with Crippen molar-refractivity contribution in [2.24, 2.45) is 4.99 Å².